The quantitative estimate of drug-likeness (QED) is 0.831. The average Bonchev–Trinajstić information content (AvgIpc) is 3.09. The Morgan fingerprint density at radius 3 is 2.44 bits per heavy atom. The van der Waals surface area contributed by atoms with Crippen molar-refractivity contribution in [1.82, 2.24) is 0 Å². The Morgan fingerprint density at radius 1 is 1.31 bits per heavy atom. The van der Waals surface area contributed by atoms with E-state index in [1.165, 1.54) is 0 Å². The van der Waals surface area contributed by atoms with Gasteiger partial charge in [-0.15, -0.1) is 0 Å². The largest absolute Gasteiger partial charge is 0.497 e. The summed E-state index contributed by atoms with van der Waals surface area (Å²) in [7, 11) is 3.17. The number of hydrogen-bond acceptors (Lipinski definition) is 3. The van der Waals surface area contributed by atoms with Gasteiger partial charge in [0, 0.05) is 11.6 Å². The van der Waals surface area contributed by atoms with Crippen molar-refractivity contribution in [1.29, 1.82) is 0 Å². The summed E-state index contributed by atoms with van der Waals surface area (Å²) in [5.41, 5.74) is 5.78. The molecule has 1 aliphatic carbocycles. The van der Waals surface area contributed by atoms with E-state index in [9.17, 15) is 4.79 Å². The topological polar surface area (TPSA) is 61.5 Å². The standard InChI is InChI=1S/C12H15NO3/c1-15-8-3-4-9(10(7-8)16-2)12(5-6-12)11(13)14/h3-4,7H,5-6H2,1-2H3,(H2,13,14). The number of amides is 1. The highest BCUT2D eigenvalue weighted by atomic mass is 16.5. The van der Waals surface area contributed by atoms with E-state index in [1.807, 2.05) is 12.1 Å². The smallest absolute Gasteiger partial charge is 0.228 e. The van der Waals surface area contributed by atoms with Gasteiger partial charge in [0.1, 0.15) is 11.5 Å². The number of hydrogen-bond donors (Lipinski definition) is 1. The zero-order chi connectivity index (χ0) is 11.8. The summed E-state index contributed by atoms with van der Waals surface area (Å²) >= 11 is 0. The molecule has 1 amide bonds. The fraction of sp³-hybridized carbons (Fsp3) is 0.417. The number of carbonyl (C=O) groups excluding carboxylic acids is 1. The second-order valence-electron chi connectivity index (χ2n) is 4.01. The molecule has 2 N–H and O–H groups in total. The zero-order valence-corrected chi connectivity index (χ0v) is 9.45. The summed E-state index contributed by atoms with van der Waals surface area (Å²) in [6.07, 6.45) is 1.59. The molecule has 0 spiro atoms. The minimum atomic E-state index is -0.516. The van der Waals surface area contributed by atoms with Gasteiger partial charge >= 0.3 is 0 Å². The van der Waals surface area contributed by atoms with E-state index in [2.05, 4.69) is 0 Å². The van der Waals surface area contributed by atoms with Crippen LogP contribution in [0.1, 0.15) is 18.4 Å². The van der Waals surface area contributed by atoms with Gasteiger partial charge < -0.3 is 15.2 Å². The lowest BCUT2D eigenvalue weighted by molar-refractivity contribution is -0.120. The Bertz CT molecular complexity index is 424. The lowest BCUT2D eigenvalue weighted by Gasteiger charge is -2.16. The van der Waals surface area contributed by atoms with E-state index in [-0.39, 0.29) is 5.91 Å². The third kappa shape index (κ3) is 1.50. The van der Waals surface area contributed by atoms with E-state index in [4.69, 9.17) is 15.2 Å². The molecule has 0 radical (unpaired) electrons. The van der Waals surface area contributed by atoms with Gasteiger partial charge in [-0.3, -0.25) is 4.79 Å². The molecule has 0 aromatic heterocycles. The highest BCUT2D eigenvalue weighted by molar-refractivity contribution is 5.90. The highest BCUT2D eigenvalue weighted by Gasteiger charge is 2.51. The molecule has 0 atom stereocenters. The first-order chi connectivity index (χ1) is 7.64. The Morgan fingerprint density at radius 2 is 2.00 bits per heavy atom. The minimum absolute atomic E-state index is 0.282. The van der Waals surface area contributed by atoms with Crippen molar-refractivity contribution in [2.75, 3.05) is 14.2 Å². The van der Waals surface area contributed by atoms with Crippen LogP contribution in [0, 0.1) is 0 Å². The summed E-state index contributed by atoms with van der Waals surface area (Å²) in [6, 6.07) is 5.45. The van der Waals surface area contributed by atoms with Crippen LogP contribution in [0.25, 0.3) is 0 Å². The Kier molecular flexibility index (Phi) is 2.50. The fourth-order valence-electron chi connectivity index (χ4n) is 1.97. The lowest BCUT2D eigenvalue weighted by atomic mass is 9.94. The third-order valence-electron chi connectivity index (χ3n) is 3.15. The SMILES string of the molecule is COc1ccc(C2(C(N)=O)CC2)c(OC)c1. The first-order valence-electron chi connectivity index (χ1n) is 5.16. The number of benzene rings is 1. The highest BCUT2D eigenvalue weighted by Crippen LogP contribution is 2.51. The molecule has 0 bridgehead atoms. The molecular formula is C12H15NO3. The molecule has 1 aromatic rings. The van der Waals surface area contributed by atoms with Crippen molar-refractivity contribution < 1.29 is 14.3 Å². The van der Waals surface area contributed by atoms with E-state index in [0.29, 0.717) is 11.5 Å². The minimum Gasteiger partial charge on any atom is -0.497 e. The van der Waals surface area contributed by atoms with Crippen molar-refractivity contribution in [2.45, 2.75) is 18.3 Å². The molecule has 1 aromatic carbocycles. The maximum absolute atomic E-state index is 11.4. The van der Waals surface area contributed by atoms with Gasteiger partial charge in [0.25, 0.3) is 0 Å². The Balaban J connectivity index is 2.45. The second kappa shape index (κ2) is 3.70. The van der Waals surface area contributed by atoms with Gasteiger partial charge in [-0.2, -0.15) is 0 Å². The van der Waals surface area contributed by atoms with Gasteiger partial charge in [-0.05, 0) is 18.9 Å². The van der Waals surface area contributed by atoms with Crippen molar-refractivity contribution in [3.8, 4) is 11.5 Å². The van der Waals surface area contributed by atoms with Crippen LogP contribution < -0.4 is 15.2 Å². The van der Waals surface area contributed by atoms with Crippen LogP contribution in [0.3, 0.4) is 0 Å². The summed E-state index contributed by atoms with van der Waals surface area (Å²) in [5, 5.41) is 0. The lowest BCUT2D eigenvalue weighted by Crippen LogP contribution is -2.28. The van der Waals surface area contributed by atoms with Crippen LogP contribution in [0.15, 0.2) is 18.2 Å². The molecule has 0 saturated heterocycles. The van der Waals surface area contributed by atoms with E-state index >= 15 is 0 Å². The Hall–Kier alpha value is -1.71. The summed E-state index contributed by atoms with van der Waals surface area (Å²) < 4.78 is 10.4. The Labute approximate surface area is 94.3 Å². The van der Waals surface area contributed by atoms with Crippen molar-refractivity contribution in [3.63, 3.8) is 0 Å². The van der Waals surface area contributed by atoms with Crippen molar-refractivity contribution in [2.24, 2.45) is 5.73 Å². The molecule has 0 unspecified atom stereocenters. The van der Waals surface area contributed by atoms with Crippen LogP contribution in [-0.4, -0.2) is 20.1 Å². The van der Waals surface area contributed by atoms with Crippen LogP contribution in [-0.2, 0) is 10.2 Å². The number of nitrogens with two attached hydrogens (primary N) is 1. The predicted octanol–water partition coefficient (Wildman–Crippen LogP) is 1.22. The fourth-order valence-corrected chi connectivity index (χ4v) is 1.97. The van der Waals surface area contributed by atoms with Gasteiger partial charge in [0.15, 0.2) is 0 Å². The zero-order valence-electron chi connectivity index (χ0n) is 9.45. The number of carbonyl (C=O) groups is 1. The molecule has 1 saturated carbocycles. The van der Waals surface area contributed by atoms with Crippen molar-refractivity contribution in [3.05, 3.63) is 23.8 Å². The van der Waals surface area contributed by atoms with E-state index in [1.54, 1.807) is 20.3 Å². The van der Waals surface area contributed by atoms with Gasteiger partial charge in [0.05, 0.1) is 19.6 Å². The number of ether oxygens (including phenoxy) is 2. The molecule has 1 aliphatic rings. The molecule has 2 rings (SSSR count). The van der Waals surface area contributed by atoms with Crippen LogP contribution in [0.4, 0.5) is 0 Å². The predicted molar refractivity (Wildman–Crippen MR) is 59.7 cm³/mol. The number of rotatable bonds is 4. The first kappa shape index (κ1) is 10.8. The molecular weight excluding hydrogens is 206 g/mol. The normalized spacial score (nSPS) is 16.6. The molecule has 4 heteroatoms. The third-order valence-corrected chi connectivity index (χ3v) is 3.15. The van der Waals surface area contributed by atoms with E-state index in [0.717, 1.165) is 18.4 Å². The number of primary amides is 1. The van der Waals surface area contributed by atoms with Gasteiger partial charge in [-0.1, -0.05) is 6.07 Å². The summed E-state index contributed by atoms with van der Waals surface area (Å²) in [6.45, 7) is 0. The molecule has 4 nitrogen and oxygen atoms in total. The van der Waals surface area contributed by atoms with E-state index < -0.39 is 5.41 Å². The monoisotopic (exact) mass is 221 g/mol. The first-order valence-corrected chi connectivity index (χ1v) is 5.16. The molecule has 16 heavy (non-hydrogen) atoms. The number of methoxy groups -OCH3 is 2. The van der Waals surface area contributed by atoms with Crippen LogP contribution >= 0.6 is 0 Å². The van der Waals surface area contributed by atoms with Gasteiger partial charge in [0.2, 0.25) is 5.91 Å². The van der Waals surface area contributed by atoms with Crippen LogP contribution in [0.5, 0.6) is 11.5 Å². The molecule has 0 heterocycles. The van der Waals surface area contributed by atoms with Crippen LogP contribution in [0.2, 0.25) is 0 Å². The molecule has 86 valence electrons. The second-order valence-corrected chi connectivity index (χ2v) is 4.01. The van der Waals surface area contributed by atoms with Crippen molar-refractivity contribution >= 4 is 5.91 Å². The van der Waals surface area contributed by atoms with Gasteiger partial charge in [-0.25, -0.2) is 0 Å². The summed E-state index contributed by atoms with van der Waals surface area (Å²) in [4.78, 5) is 11.4. The molecule has 1 fully saturated rings. The maximum atomic E-state index is 11.4. The maximum Gasteiger partial charge on any atom is 0.228 e. The summed E-state index contributed by atoms with van der Waals surface area (Å²) in [5.74, 6) is 1.09. The average molecular weight is 221 g/mol. The molecule has 0 aliphatic heterocycles.